The fraction of sp³-hybridized carbons (Fsp3) is 1.00. The molecule has 0 aromatic rings. The van der Waals surface area contributed by atoms with Crippen LogP contribution >= 0.6 is 0 Å². The highest BCUT2D eigenvalue weighted by atomic mass is 19.1. The van der Waals surface area contributed by atoms with Crippen molar-refractivity contribution >= 4 is 0 Å². The SMILES string of the molecule is CCC(C)(F)CC(C)C. The number of halogens is 1. The van der Waals surface area contributed by atoms with Crippen molar-refractivity contribution in [2.24, 2.45) is 5.92 Å². The van der Waals surface area contributed by atoms with Crippen LogP contribution in [0.5, 0.6) is 0 Å². The Labute approximate surface area is 57.5 Å². The molecule has 0 N–H and O–H groups in total. The first-order valence-electron chi connectivity index (χ1n) is 3.67. The standard InChI is InChI=1S/C8H17F/c1-5-8(4,9)6-7(2)3/h7H,5-6H2,1-4H3. The van der Waals surface area contributed by atoms with E-state index in [2.05, 4.69) is 0 Å². The van der Waals surface area contributed by atoms with Crippen LogP contribution in [-0.4, -0.2) is 5.67 Å². The Morgan fingerprint density at radius 2 is 1.89 bits per heavy atom. The Morgan fingerprint density at radius 1 is 1.44 bits per heavy atom. The topological polar surface area (TPSA) is 0 Å². The van der Waals surface area contributed by atoms with Crippen LogP contribution in [0.1, 0.15) is 40.5 Å². The monoisotopic (exact) mass is 132 g/mol. The van der Waals surface area contributed by atoms with Crippen molar-refractivity contribution in [3.05, 3.63) is 0 Å². The van der Waals surface area contributed by atoms with Crippen molar-refractivity contribution in [1.82, 2.24) is 0 Å². The van der Waals surface area contributed by atoms with Gasteiger partial charge in [0.05, 0.1) is 0 Å². The molecule has 0 fully saturated rings. The summed E-state index contributed by atoms with van der Waals surface area (Å²) in [5.41, 5.74) is -0.936. The maximum Gasteiger partial charge on any atom is 0.108 e. The summed E-state index contributed by atoms with van der Waals surface area (Å²) in [4.78, 5) is 0. The van der Waals surface area contributed by atoms with Gasteiger partial charge in [-0.3, -0.25) is 0 Å². The van der Waals surface area contributed by atoms with E-state index < -0.39 is 5.67 Å². The lowest BCUT2D eigenvalue weighted by molar-refractivity contribution is 0.148. The summed E-state index contributed by atoms with van der Waals surface area (Å²) >= 11 is 0. The van der Waals surface area contributed by atoms with Crippen LogP contribution in [0.15, 0.2) is 0 Å². The molecule has 1 atom stereocenters. The summed E-state index contributed by atoms with van der Waals surface area (Å²) < 4.78 is 13.1. The molecular weight excluding hydrogens is 115 g/mol. The van der Waals surface area contributed by atoms with Crippen LogP contribution < -0.4 is 0 Å². The van der Waals surface area contributed by atoms with Crippen LogP contribution in [-0.2, 0) is 0 Å². The third-order valence-corrected chi connectivity index (χ3v) is 1.57. The van der Waals surface area contributed by atoms with Crippen molar-refractivity contribution in [3.63, 3.8) is 0 Å². The zero-order chi connectivity index (χ0) is 7.49. The van der Waals surface area contributed by atoms with Crippen molar-refractivity contribution in [1.29, 1.82) is 0 Å². The maximum atomic E-state index is 13.1. The molecule has 0 saturated carbocycles. The minimum Gasteiger partial charge on any atom is -0.244 e. The summed E-state index contributed by atoms with van der Waals surface area (Å²) in [6, 6.07) is 0. The van der Waals surface area contributed by atoms with Gasteiger partial charge in [-0.2, -0.15) is 0 Å². The van der Waals surface area contributed by atoms with Crippen LogP contribution in [0, 0.1) is 5.92 Å². The third kappa shape index (κ3) is 4.43. The Bertz CT molecular complexity index is 74.6. The van der Waals surface area contributed by atoms with Gasteiger partial charge < -0.3 is 0 Å². The van der Waals surface area contributed by atoms with E-state index in [1.807, 2.05) is 20.8 Å². The Hall–Kier alpha value is -0.0700. The summed E-state index contributed by atoms with van der Waals surface area (Å²) in [6.07, 6.45) is 1.31. The lowest BCUT2D eigenvalue weighted by Crippen LogP contribution is -2.18. The molecule has 0 radical (unpaired) electrons. The van der Waals surface area contributed by atoms with E-state index in [-0.39, 0.29) is 0 Å². The van der Waals surface area contributed by atoms with Gasteiger partial charge in [0, 0.05) is 0 Å². The second-order valence-corrected chi connectivity index (χ2v) is 3.36. The molecule has 0 aliphatic heterocycles. The fourth-order valence-electron chi connectivity index (χ4n) is 0.996. The molecule has 1 unspecified atom stereocenters. The Kier molecular flexibility index (Phi) is 3.16. The van der Waals surface area contributed by atoms with Crippen molar-refractivity contribution < 1.29 is 4.39 Å². The minimum absolute atomic E-state index is 0.472. The molecule has 0 amide bonds. The molecule has 0 aromatic heterocycles. The van der Waals surface area contributed by atoms with E-state index in [9.17, 15) is 4.39 Å². The summed E-state index contributed by atoms with van der Waals surface area (Å²) in [7, 11) is 0. The number of hydrogen-bond donors (Lipinski definition) is 0. The molecule has 0 saturated heterocycles. The molecule has 9 heavy (non-hydrogen) atoms. The average molecular weight is 132 g/mol. The smallest absolute Gasteiger partial charge is 0.108 e. The summed E-state index contributed by atoms with van der Waals surface area (Å²) in [6.45, 7) is 7.66. The quantitative estimate of drug-likeness (QED) is 0.553. The largest absolute Gasteiger partial charge is 0.244 e. The highest BCUT2D eigenvalue weighted by molar-refractivity contribution is 4.71. The van der Waals surface area contributed by atoms with E-state index in [1.54, 1.807) is 6.92 Å². The van der Waals surface area contributed by atoms with E-state index in [4.69, 9.17) is 0 Å². The molecule has 0 aliphatic rings. The molecular formula is C8H17F. The van der Waals surface area contributed by atoms with Crippen LogP contribution in [0.2, 0.25) is 0 Å². The molecule has 0 rings (SSSR count). The van der Waals surface area contributed by atoms with Crippen molar-refractivity contribution in [2.75, 3.05) is 0 Å². The van der Waals surface area contributed by atoms with E-state index >= 15 is 0 Å². The average Bonchev–Trinajstić information content (AvgIpc) is 1.63. The van der Waals surface area contributed by atoms with Crippen molar-refractivity contribution in [2.45, 2.75) is 46.2 Å². The lowest BCUT2D eigenvalue weighted by atomic mass is 9.94. The zero-order valence-corrected chi connectivity index (χ0v) is 6.87. The molecule has 0 nitrogen and oxygen atoms in total. The predicted octanol–water partition coefficient (Wildman–Crippen LogP) is 3.17. The molecule has 0 aromatic carbocycles. The highest BCUT2D eigenvalue weighted by Crippen LogP contribution is 2.23. The van der Waals surface area contributed by atoms with Gasteiger partial charge in [0.1, 0.15) is 5.67 Å². The van der Waals surface area contributed by atoms with Gasteiger partial charge in [0.2, 0.25) is 0 Å². The van der Waals surface area contributed by atoms with Gasteiger partial charge in [-0.15, -0.1) is 0 Å². The fourth-order valence-corrected chi connectivity index (χ4v) is 0.996. The minimum atomic E-state index is -0.936. The zero-order valence-electron chi connectivity index (χ0n) is 6.87. The van der Waals surface area contributed by atoms with E-state index in [1.165, 1.54) is 0 Å². The third-order valence-electron chi connectivity index (χ3n) is 1.57. The summed E-state index contributed by atoms with van der Waals surface area (Å²) in [5.74, 6) is 0.472. The number of alkyl halides is 1. The molecule has 1 heteroatoms. The molecule has 0 spiro atoms. The van der Waals surface area contributed by atoms with E-state index in [0.29, 0.717) is 18.8 Å². The normalized spacial score (nSPS) is 18.0. The number of hydrogen-bond acceptors (Lipinski definition) is 0. The molecule has 0 aliphatic carbocycles. The van der Waals surface area contributed by atoms with Gasteiger partial charge in [0.25, 0.3) is 0 Å². The van der Waals surface area contributed by atoms with Gasteiger partial charge in [0.15, 0.2) is 0 Å². The van der Waals surface area contributed by atoms with Crippen molar-refractivity contribution in [3.8, 4) is 0 Å². The molecule has 0 heterocycles. The van der Waals surface area contributed by atoms with Crippen LogP contribution in [0.4, 0.5) is 4.39 Å². The molecule has 56 valence electrons. The first-order valence-corrected chi connectivity index (χ1v) is 3.67. The lowest BCUT2D eigenvalue weighted by Gasteiger charge is -2.19. The van der Waals surface area contributed by atoms with E-state index in [0.717, 1.165) is 0 Å². The Morgan fingerprint density at radius 3 is 2.00 bits per heavy atom. The van der Waals surface area contributed by atoms with Gasteiger partial charge in [-0.25, -0.2) is 4.39 Å². The first-order chi connectivity index (χ1) is 3.98. The highest BCUT2D eigenvalue weighted by Gasteiger charge is 2.20. The Balaban J connectivity index is 3.58. The number of rotatable bonds is 3. The maximum absolute atomic E-state index is 13.1. The second kappa shape index (κ2) is 3.19. The first kappa shape index (κ1) is 8.93. The summed E-state index contributed by atoms with van der Waals surface area (Å²) in [5, 5.41) is 0. The van der Waals surface area contributed by atoms with Gasteiger partial charge >= 0.3 is 0 Å². The van der Waals surface area contributed by atoms with Crippen LogP contribution in [0.25, 0.3) is 0 Å². The van der Waals surface area contributed by atoms with Crippen LogP contribution in [0.3, 0.4) is 0 Å². The van der Waals surface area contributed by atoms with Gasteiger partial charge in [-0.05, 0) is 25.7 Å². The predicted molar refractivity (Wildman–Crippen MR) is 39.3 cm³/mol. The second-order valence-electron chi connectivity index (χ2n) is 3.36. The molecule has 0 bridgehead atoms. The van der Waals surface area contributed by atoms with Gasteiger partial charge in [-0.1, -0.05) is 20.8 Å².